The van der Waals surface area contributed by atoms with E-state index >= 15 is 0 Å². The lowest BCUT2D eigenvalue weighted by Gasteiger charge is -2.06. The lowest BCUT2D eigenvalue weighted by atomic mass is 10.0. The van der Waals surface area contributed by atoms with Crippen molar-refractivity contribution >= 4 is 16.7 Å². The minimum Gasteiger partial charge on any atom is -0.508 e. The second kappa shape index (κ2) is 4.23. The number of phenols is 1. The maximum atomic E-state index is 11.7. The maximum Gasteiger partial charge on any atom is 0.338 e. The number of hydrogen-bond donors (Lipinski definition) is 1. The minimum absolute atomic E-state index is 0.188. The molecule has 0 radical (unpaired) electrons. The van der Waals surface area contributed by atoms with Gasteiger partial charge < -0.3 is 9.84 Å². The number of carbonyl (C=O) groups is 1. The van der Waals surface area contributed by atoms with Gasteiger partial charge in [-0.15, -0.1) is 0 Å². The van der Waals surface area contributed by atoms with Crippen LogP contribution in [0.5, 0.6) is 5.75 Å². The van der Waals surface area contributed by atoms with E-state index in [0.717, 1.165) is 10.8 Å². The fraction of sp³-hybridized carbons (Fsp3) is 0.154. The Hall–Kier alpha value is -2.03. The third-order valence-corrected chi connectivity index (χ3v) is 2.36. The SMILES string of the molecule is CCOC(=O)c1cccc2cc(O)ccc12. The largest absolute Gasteiger partial charge is 0.508 e. The zero-order chi connectivity index (χ0) is 11.5. The van der Waals surface area contributed by atoms with E-state index in [1.807, 2.05) is 6.07 Å². The van der Waals surface area contributed by atoms with Crippen molar-refractivity contribution in [2.24, 2.45) is 0 Å². The standard InChI is InChI=1S/C13H12O3/c1-2-16-13(15)12-5-3-4-9-8-10(14)6-7-11(9)12/h3-8,14H,2H2,1H3. The van der Waals surface area contributed by atoms with Gasteiger partial charge in [-0.3, -0.25) is 0 Å². The van der Waals surface area contributed by atoms with E-state index in [1.165, 1.54) is 0 Å². The first kappa shape index (κ1) is 10.5. The number of ether oxygens (including phenoxy) is 1. The molecule has 16 heavy (non-hydrogen) atoms. The fourth-order valence-corrected chi connectivity index (χ4v) is 1.66. The molecular formula is C13H12O3. The Morgan fingerprint density at radius 1 is 1.31 bits per heavy atom. The molecule has 0 saturated heterocycles. The Labute approximate surface area is 93.3 Å². The van der Waals surface area contributed by atoms with Crippen LogP contribution in [0.4, 0.5) is 0 Å². The quantitative estimate of drug-likeness (QED) is 0.785. The molecule has 0 unspecified atom stereocenters. The van der Waals surface area contributed by atoms with Crippen molar-refractivity contribution in [1.82, 2.24) is 0 Å². The number of rotatable bonds is 2. The number of benzene rings is 2. The molecule has 0 atom stereocenters. The first-order chi connectivity index (χ1) is 7.72. The van der Waals surface area contributed by atoms with Crippen LogP contribution >= 0.6 is 0 Å². The Bertz CT molecular complexity index is 532. The van der Waals surface area contributed by atoms with Gasteiger partial charge in [-0.1, -0.05) is 12.1 Å². The summed E-state index contributed by atoms with van der Waals surface area (Å²) in [6.45, 7) is 2.13. The molecule has 0 fully saturated rings. The van der Waals surface area contributed by atoms with Gasteiger partial charge >= 0.3 is 5.97 Å². The summed E-state index contributed by atoms with van der Waals surface area (Å²) >= 11 is 0. The lowest BCUT2D eigenvalue weighted by molar-refractivity contribution is 0.0528. The highest BCUT2D eigenvalue weighted by atomic mass is 16.5. The molecule has 0 aliphatic heterocycles. The lowest BCUT2D eigenvalue weighted by Crippen LogP contribution is -2.04. The molecule has 1 N–H and O–H groups in total. The Balaban J connectivity index is 2.58. The normalized spacial score (nSPS) is 10.3. The van der Waals surface area contributed by atoms with Gasteiger partial charge in [0.1, 0.15) is 5.75 Å². The predicted octanol–water partition coefficient (Wildman–Crippen LogP) is 2.72. The van der Waals surface area contributed by atoms with E-state index in [4.69, 9.17) is 4.74 Å². The van der Waals surface area contributed by atoms with Crippen molar-refractivity contribution in [2.75, 3.05) is 6.61 Å². The van der Waals surface area contributed by atoms with E-state index < -0.39 is 0 Å². The molecule has 3 heteroatoms. The van der Waals surface area contributed by atoms with Crippen molar-refractivity contribution in [2.45, 2.75) is 6.92 Å². The molecule has 0 heterocycles. The molecule has 0 bridgehead atoms. The molecule has 0 aliphatic rings. The van der Waals surface area contributed by atoms with E-state index in [0.29, 0.717) is 12.2 Å². The molecule has 3 nitrogen and oxygen atoms in total. The van der Waals surface area contributed by atoms with Gasteiger partial charge in [0.05, 0.1) is 12.2 Å². The Morgan fingerprint density at radius 2 is 2.12 bits per heavy atom. The second-order valence-electron chi connectivity index (χ2n) is 3.43. The van der Waals surface area contributed by atoms with Crippen LogP contribution in [0.1, 0.15) is 17.3 Å². The van der Waals surface area contributed by atoms with Gasteiger partial charge in [-0.25, -0.2) is 4.79 Å². The summed E-state index contributed by atoms with van der Waals surface area (Å²) in [5.41, 5.74) is 0.527. The molecular weight excluding hydrogens is 204 g/mol. The predicted molar refractivity (Wildman–Crippen MR) is 61.6 cm³/mol. The van der Waals surface area contributed by atoms with Gasteiger partial charge in [0.25, 0.3) is 0 Å². The second-order valence-corrected chi connectivity index (χ2v) is 3.43. The summed E-state index contributed by atoms with van der Waals surface area (Å²) in [5, 5.41) is 11.0. The highest BCUT2D eigenvalue weighted by molar-refractivity contribution is 6.04. The van der Waals surface area contributed by atoms with E-state index in [2.05, 4.69) is 0 Å². The van der Waals surface area contributed by atoms with Gasteiger partial charge in [0, 0.05) is 0 Å². The molecule has 0 spiro atoms. The molecule has 82 valence electrons. The van der Waals surface area contributed by atoms with Gasteiger partial charge in [0.15, 0.2) is 0 Å². The number of esters is 1. The number of carbonyl (C=O) groups excluding carboxylic acids is 1. The Morgan fingerprint density at radius 3 is 2.88 bits per heavy atom. The molecule has 0 aromatic heterocycles. The smallest absolute Gasteiger partial charge is 0.338 e. The maximum absolute atomic E-state index is 11.7. The zero-order valence-corrected chi connectivity index (χ0v) is 8.93. The highest BCUT2D eigenvalue weighted by Crippen LogP contribution is 2.23. The zero-order valence-electron chi connectivity index (χ0n) is 8.93. The first-order valence-electron chi connectivity index (χ1n) is 5.11. The van der Waals surface area contributed by atoms with Crippen LogP contribution in [0.25, 0.3) is 10.8 Å². The van der Waals surface area contributed by atoms with Crippen molar-refractivity contribution in [3.63, 3.8) is 0 Å². The summed E-state index contributed by atoms with van der Waals surface area (Å²) in [6.07, 6.45) is 0. The third-order valence-electron chi connectivity index (χ3n) is 2.36. The number of aromatic hydroxyl groups is 1. The average Bonchev–Trinajstić information content (AvgIpc) is 2.28. The van der Waals surface area contributed by atoms with Crippen molar-refractivity contribution in [1.29, 1.82) is 0 Å². The highest BCUT2D eigenvalue weighted by Gasteiger charge is 2.10. The van der Waals surface area contributed by atoms with Gasteiger partial charge in [0.2, 0.25) is 0 Å². The number of hydrogen-bond acceptors (Lipinski definition) is 3. The summed E-state index contributed by atoms with van der Waals surface area (Å²) in [6, 6.07) is 10.2. The molecule has 2 rings (SSSR count). The summed E-state index contributed by atoms with van der Waals surface area (Å²) < 4.78 is 4.96. The van der Waals surface area contributed by atoms with Gasteiger partial charge in [-0.05, 0) is 42.0 Å². The Kier molecular flexibility index (Phi) is 2.77. The van der Waals surface area contributed by atoms with Crippen molar-refractivity contribution < 1.29 is 14.6 Å². The van der Waals surface area contributed by atoms with Crippen molar-refractivity contribution in [3.8, 4) is 5.75 Å². The van der Waals surface area contributed by atoms with E-state index in [9.17, 15) is 9.90 Å². The van der Waals surface area contributed by atoms with Crippen LogP contribution in [0.2, 0.25) is 0 Å². The number of fused-ring (bicyclic) bond motifs is 1. The molecule has 0 saturated carbocycles. The van der Waals surface area contributed by atoms with Crippen LogP contribution in [-0.2, 0) is 4.74 Å². The molecule has 2 aromatic carbocycles. The monoisotopic (exact) mass is 216 g/mol. The third kappa shape index (κ3) is 1.84. The summed E-state index contributed by atoms with van der Waals surface area (Å²) in [7, 11) is 0. The summed E-state index contributed by atoms with van der Waals surface area (Å²) in [5.74, 6) is -0.146. The van der Waals surface area contributed by atoms with Crippen LogP contribution in [0.3, 0.4) is 0 Å². The fourth-order valence-electron chi connectivity index (χ4n) is 1.66. The van der Waals surface area contributed by atoms with Crippen molar-refractivity contribution in [3.05, 3.63) is 42.0 Å². The van der Waals surface area contributed by atoms with Gasteiger partial charge in [-0.2, -0.15) is 0 Å². The molecule has 2 aromatic rings. The van der Waals surface area contributed by atoms with Crippen LogP contribution in [0, 0.1) is 0 Å². The van der Waals surface area contributed by atoms with E-state index in [-0.39, 0.29) is 11.7 Å². The first-order valence-corrected chi connectivity index (χ1v) is 5.11. The molecule has 0 amide bonds. The minimum atomic E-state index is -0.334. The summed E-state index contributed by atoms with van der Waals surface area (Å²) in [4.78, 5) is 11.7. The average molecular weight is 216 g/mol. The van der Waals surface area contributed by atoms with E-state index in [1.54, 1.807) is 37.3 Å². The topological polar surface area (TPSA) is 46.5 Å². The van der Waals surface area contributed by atoms with Crippen LogP contribution in [0.15, 0.2) is 36.4 Å². The van der Waals surface area contributed by atoms with Crippen LogP contribution < -0.4 is 0 Å². The molecule has 0 aliphatic carbocycles. The number of phenolic OH excluding ortho intramolecular Hbond substituents is 1. The van der Waals surface area contributed by atoms with Crippen LogP contribution in [-0.4, -0.2) is 17.7 Å².